The van der Waals surface area contributed by atoms with Gasteiger partial charge in [-0.25, -0.2) is 9.18 Å². The molecule has 0 bridgehead atoms. The SMILES string of the molecule is CCOC(=O)c1ccc(N2C3=C(C(=O)CC(C)(C)C3)C(c3cccc(F)c3)C3=C2CC(C)(C)CC3=O)cc1. The van der Waals surface area contributed by atoms with Crippen LogP contribution in [0.1, 0.15) is 82.1 Å². The lowest BCUT2D eigenvalue weighted by atomic mass is 9.63. The molecule has 0 fully saturated rings. The van der Waals surface area contributed by atoms with Crippen molar-refractivity contribution in [3.8, 4) is 0 Å². The molecule has 0 atom stereocenters. The topological polar surface area (TPSA) is 63.7 Å². The number of rotatable bonds is 4. The molecule has 5 nitrogen and oxygen atoms in total. The van der Waals surface area contributed by atoms with E-state index in [0.29, 0.717) is 48.0 Å². The number of allylic oxidation sites excluding steroid dienone is 4. The first-order valence-corrected chi connectivity index (χ1v) is 13.3. The van der Waals surface area contributed by atoms with E-state index in [0.717, 1.165) is 17.1 Å². The maximum absolute atomic E-state index is 14.5. The minimum Gasteiger partial charge on any atom is -0.462 e. The number of ether oxygens (including phenoxy) is 1. The van der Waals surface area contributed by atoms with Gasteiger partial charge in [0.2, 0.25) is 0 Å². The quantitative estimate of drug-likeness (QED) is 0.415. The number of halogens is 1. The summed E-state index contributed by atoms with van der Waals surface area (Å²) in [5.74, 6) is -1.41. The molecule has 0 amide bonds. The average Bonchev–Trinajstić information content (AvgIpc) is 2.81. The Morgan fingerprint density at radius 1 is 0.895 bits per heavy atom. The van der Waals surface area contributed by atoms with Gasteiger partial charge in [0.05, 0.1) is 12.2 Å². The van der Waals surface area contributed by atoms with Crippen LogP contribution in [0, 0.1) is 16.6 Å². The molecule has 0 N–H and O–H groups in total. The molecule has 2 aromatic carbocycles. The number of carbonyl (C=O) groups excluding carboxylic acids is 3. The van der Waals surface area contributed by atoms with Crippen molar-refractivity contribution in [2.45, 2.75) is 66.2 Å². The maximum atomic E-state index is 14.5. The molecule has 0 saturated carbocycles. The fraction of sp³-hybridized carbons (Fsp3) is 0.406. The normalized spacial score (nSPS) is 20.8. The summed E-state index contributed by atoms with van der Waals surface area (Å²) in [5.41, 5.74) is 4.16. The van der Waals surface area contributed by atoms with Crippen molar-refractivity contribution >= 4 is 23.2 Å². The van der Waals surface area contributed by atoms with Crippen LogP contribution in [-0.2, 0) is 14.3 Å². The van der Waals surface area contributed by atoms with E-state index in [1.165, 1.54) is 12.1 Å². The van der Waals surface area contributed by atoms with Crippen molar-refractivity contribution < 1.29 is 23.5 Å². The third kappa shape index (κ3) is 4.61. The molecular formula is C32H34FNO4. The third-order valence-electron chi connectivity index (χ3n) is 7.73. The molecule has 1 aliphatic heterocycles. The zero-order chi connectivity index (χ0) is 27.4. The Labute approximate surface area is 223 Å². The molecular weight excluding hydrogens is 481 g/mol. The summed E-state index contributed by atoms with van der Waals surface area (Å²) in [5, 5.41) is 0. The smallest absolute Gasteiger partial charge is 0.338 e. The van der Waals surface area contributed by atoms with Gasteiger partial charge < -0.3 is 9.64 Å². The summed E-state index contributed by atoms with van der Waals surface area (Å²) in [7, 11) is 0. The fourth-order valence-electron chi connectivity index (χ4n) is 6.26. The van der Waals surface area contributed by atoms with Crippen LogP contribution in [0.3, 0.4) is 0 Å². The van der Waals surface area contributed by atoms with Gasteiger partial charge in [-0.3, -0.25) is 9.59 Å². The van der Waals surface area contributed by atoms with Crippen LogP contribution in [0.4, 0.5) is 10.1 Å². The van der Waals surface area contributed by atoms with E-state index >= 15 is 0 Å². The van der Waals surface area contributed by atoms with Crippen molar-refractivity contribution in [3.05, 3.63) is 88.0 Å². The molecule has 0 saturated heterocycles. The van der Waals surface area contributed by atoms with Crippen molar-refractivity contribution in [1.29, 1.82) is 0 Å². The number of anilines is 1. The van der Waals surface area contributed by atoms with Gasteiger partial charge in [-0.2, -0.15) is 0 Å². The first-order valence-electron chi connectivity index (χ1n) is 13.3. The van der Waals surface area contributed by atoms with E-state index in [4.69, 9.17) is 4.74 Å². The minimum absolute atomic E-state index is 0.0113. The number of carbonyl (C=O) groups is 3. The van der Waals surface area contributed by atoms with Gasteiger partial charge in [-0.05, 0) is 72.6 Å². The van der Waals surface area contributed by atoms with Gasteiger partial charge in [-0.1, -0.05) is 39.8 Å². The van der Waals surface area contributed by atoms with Gasteiger partial charge in [0.15, 0.2) is 11.6 Å². The second-order valence-electron chi connectivity index (χ2n) is 12.2. The monoisotopic (exact) mass is 515 g/mol. The summed E-state index contributed by atoms with van der Waals surface area (Å²) in [6.45, 7) is 10.4. The van der Waals surface area contributed by atoms with Crippen molar-refractivity contribution in [2.24, 2.45) is 10.8 Å². The fourth-order valence-corrected chi connectivity index (χ4v) is 6.26. The first-order chi connectivity index (χ1) is 17.9. The summed E-state index contributed by atoms with van der Waals surface area (Å²) in [4.78, 5) is 42.1. The van der Waals surface area contributed by atoms with Crippen molar-refractivity contribution in [2.75, 3.05) is 11.5 Å². The van der Waals surface area contributed by atoms with E-state index in [2.05, 4.69) is 32.6 Å². The number of esters is 1. The molecule has 0 radical (unpaired) electrons. The molecule has 1 heterocycles. The number of benzene rings is 2. The molecule has 2 aliphatic carbocycles. The van der Waals surface area contributed by atoms with Crippen LogP contribution >= 0.6 is 0 Å². The molecule has 2 aromatic rings. The molecule has 0 unspecified atom stereocenters. The van der Waals surface area contributed by atoms with E-state index in [-0.39, 0.29) is 29.0 Å². The van der Waals surface area contributed by atoms with E-state index in [1.807, 2.05) is 18.2 Å². The van der Waals surface area contributed by atoms with Crippen LogP contribution in [0.2, 0.25) is 0 Å². The van der Waals surface area contributed by atoms with E-state index in [1.54, 1.807) is 25.1 Å². The van der Waals surface area contributed by atoms with Crippen LogP contribution in [0.25, 0.3) is 0 Å². The first kappa shape index (κ1) is 26.1. The maximum Gasteiger partial charge on any atom is 0.338 e. The van der Waals surface area contributed by atoms with Crippen LogP contribution in [0.15, 0.2) is 71.1 Å². The second kappa shape index (κ2) is 9.33. The van der Waals surface area contributed by atoms with Gasteiger partial charge in [-0.15, -0.1) is 0 Å². The molecule has 0 aromatic heterocycles. The highest BCUT2D eigenvalue weighted by atomic mass is 19.1. The van der Waals surface area contributed by atoms with Gasteiger partial charge in [0.25, 0.3) is 0 Å². The average molecular weight is 516 g/mol. The van der Waals surface area contributed by atoms with Crippen molar-refractivity contribution in [3.63, 3.8) is 0 Å². The highest BCUT2D eigenvalue weighted by Gasteiger charge is 2.49. The Hall–Kier alpha value is -3.54. The van der Waals surface area contributed by atoms with E-state index in [9.17, 15) is 18.8 Å². The van der Waals surface area contributed by atoms with Gasteiger partial charge in [0.1, 0.15) is 5.82 Å². The Morgan fingerprint density at radius 3 is 1.95 bits per heavy atom. The Kier molecular flexibility index (Phi) is 6.41. The Balaban J connectivity index is 1.76. The van der Waals surface area contributed by atoms with E-state index < -0.39 is 17.7 Å². The summed E-state index contributed by atoms with van der Waals surface area (Å²) < 4.78 is 19.6. The predicted molar refractivity (Wildman–Crippen MR) is 144 cm³/mol. The zero-order valence-corrected chi connectivity index (χ0v) is 22.7. The standard InChI is InChI=1S/C32H34FNO4/c1-6-38-30(37)19-10-12-22(13-11-19)34-23-15-31(2,3)17-25(35)28(23)27(20-8-7-9-21(33)14-20)29-24(34)16-32(4,5)18-26(29)36/h7-14,27H,6,15-18H2,1-5H3. The number of hydrogen-bond acceptors (Lipinski definition) is 5. The minimum atomic E-state index is -0.599. The van der Waals surface area contributed by atoms with Gasteiger partial charge in [0, 0.05) is 47.0 Å². The lowest BCUT2D eigenvalue weighted by Crippen LogP contribution is -2.44. The highest BCUT2D eigenvalue weighted by Crippen LogP contribution is 2.55. The Morgan fingerprint density at radius 2 is 1.45 bits per heavy atom. The Bertz CT molecular complexity index is 1340. The number of ketones is 2. The van der Waals surface area contributed by atoms with Crippen LogP contribution < -0.4 is 4.90 Å². The molecule has 5 rings (SSSR count). The summed E-state index contributed by atoms with van der Waals surface area (Å²) in [6.07, 6.45) is 1.97. The number of hydrogen-bond donors (Lipinski definition) is 0. The number of nitrogens with zero attached hydrogens (tertiary/aromatic N) is 1. The lowest BCUT2D eigenvalue weighted by molar-refractivity contribution is -0.119. The zero-order valence-electron chi connectivity index (χ0n) is 22.7. The van der Waals surface area contributed by atoms with Crippen molar-refractivity contribution in [1.82, 2.24) is 0 Å². The lowest BCUT2D eigenvalue weighted by Gasteiger charge is -2.49. The third-order valence-corrected chi connectivity index (χ3v) is 7.73. The summed E-state index contributed by atoms with van der Waals surface area (Å²) >= 11 is 0. The molecule has 198 valence electrons. The molecule has 3 aliphatic rings. The van der Waals surface area contributed by atoms with Gasteiger partial charge >= 0.3 is 5.97 Å². The van der Waals surface area contributed by atoms with Crippen LogP contribution in [0.5, 0.6) is 0 Å². The predicted octanol–water partition coefficient (Wildman–Crippen LogP) is 6.89. The molecule has 6 heteroatoms. The highest BCUT2D eigenvalue weighted by molar-refractivity contribution is 6.08. The van der Waals surface area contributed by atoms with Crippen LogP contribution in [-0.4, -0.2) is 24.1 Å². The summed E-state index contributed by atoms with van der Waals surface area (Å²) in [6, 6.07) is 13.4. The molecule has 0 spiro atoms. The largest absolute Gasteiger partial charge is 0.462 e. The molecule has 38 heavy (non-hydrogen) atoms. The number of Topliss-reactive ketones (excluding diaryl/α,β-unsaturated/α-hetero) is 2. The second-order valence-corrected chi connectivity index (χ2v) is 12.2.